The Morgan fingerprint density at radius 1 is 1.20 bits per heavy atom. The zero-order valence-corrected chi connectivity index (χ0v) is 12.1. The summed E-state index contributed by atoms with van der Waals surface area (Å²) in [4.78, 5) is 7.10. The molecule has 7 heteroatoms. The SMILES string of the molecule is CCNc1cc(-c2ccccc2Br)nc(C(F)(F)F)n1. The summed E-state index contributed by atoms with van der Waals surface area (Å²) in [5, 5.41) is 2.78. The normalized spacial score (nSPS) is 11.4. The highest BCUT2D eigenvalue weighted by atomic mass is 79.9. The van der Waals surface area contributed by atoms with Gasteiger partial charge in [-0.15, -0.1) is 0 Å². The number of benzene rings is 1. The molecule has 1 aromatic carbocycles. The summed E-state index contributed by atoms with van der Waals surface area (Å²) >= 11 is 3.31. The second-order valence-electron chi connectivity index (χ2n) is 3.97. The Morgan fingerprint density at radius 3 is 2.50 bits per heavy atom. The molecule has 0 aliphatic carbocycles. The molecule has 0 saturated heterocycles. The van der Waals surface area contributed by atoms with Gasteiger partial charge in [-0.05, 0) is 13.0 Å². The third kappa shape index (κ3) is 3.27. The van der Waals surface area contributed by atoms with E-state index in [1.165, 1.54) is 6.07 Å². The molecule has 106 valence electrons. The van der Waals surface area contributed by atoms with E-state index < -0.39 is 12.0 Å². The third-order valence-corrected chi connectivity index (χ3v) is 3.18. The van der Waals surface area contributed by atoms with Crippen LogP contribution >= 0.6 is 15.9 Å². The lowest BCUT2D eigenvalue weighted by molar-refractivity contribution is -0.144. The maximum Gasteiger partial charge on any atom is 0.451 e. The molecule has 0 aliphatic heterocycles. The fourth-order valence-electron chi connectivity index (χ4n) is 1.65. The maximum atomic E-state index is 12.8. The number of rotatable bonds is 3. The molecule has 0 atom stereocenters. The highest BCUT2D eigenvalue weighted by molar-refractivity contribution is 9.10. The van der Waals surface area contributed by atoms with Gasteiger partial charge >= 0.3 is 6.18 Å². The van der Waals surface area contributed by atoms with Crippen LogP contribution in [0.5, 0.6) is 0 Å². The van der Waals surface area contributed by atoms with Gasteiger partial charge in [-0.25, -0.2) is 9.97 Å². The molecule has 0 unspecified atom stereocenters. The molecule has 20 heavy (non-hydrogen) atoms. The zero-order chi connectivity index (χ0) is 14.8. The van der Waals surface area contributed by atoms with Crippen molar-refractivity contribution in [3.63, 3.8) is 0 Å². The summed E-state index contributed by atoms with van der Waals surface area (Å²) < 4.78 is 39.2. The molecule has 0 bridgehead atoms. The summed E-state index contributed by atoms with van der Waals surface area (Å²) in [6.45, 7) is 2.26. The zero-order valence-electron chi connectivity index (χ0n) is 10.5. The Morgan fingerprint density at radius 2 is 1.90 bits per heavy atom. The quantitative estimate of drug-likeness (QED) is 0.898. The Hall–Kier alpha value is -1.63. The van der Waals surface area contributed by atoms with Crippen molar-refractivity contribution in [2.45, 2.75) is 13.1 Å². The smallest absolute Gasteiger partial charge is 0.370 e. The van der Waals surface area contributed by atoms with Crippen LogP contribution in [0.2, 0.25) is 0 Å². The van der Waals surface area contributed by atoms with Crippen LogP contribution in [-0.4, -0.2) is 16.5 Å². The molecule has 0 radical (unpaired) electrons. The van der Waals surface area contributed by atoms with Gasteiger partial charge in [0.1, 0.15) is 5.82 Å². The number of aromatic nitrogens is 2. The molecule has 2 aromatic rings. The van der Waals surface area contributed by atoms with Gasteiger partial charge in [-0.2, -0.15) is 13.2 Å². The van der Waals surface area contributed by atoms with Crippen LogP contribution in [0.25, 0.3) is 11.3 Å². The van der Waals surface area contributed by atoms with E-state index in [1.54, 1.807) is 31.2 Å². The van der Waals surface area contributed by atoms with Gasteiger partial charge in [0.15, 0.2) is 0 Å². The fourth-order valence-corrected chi connectivity index (χ4v) is 2.14. The molecule has 0 aliphatic rings. The summed E-state index contributed by atoms with van der Waals surface area (Å²) in [5.74, 6) is -0.998. The number of hydrogen-bond acceptors (Lipinski definition) is 3. The number of halogens is 4. The van der Waals surface area contributed by atoms with Crippen molar-refractivity contribution in [3.05, 3.63) is 40.6 Å². The Kier molecular flexibility index (Phi) is 4.27. The predicted molar refractivity (Wildman–Crippen MR) is 74.3 cm³/mol. The molecule has 2 rings (SSSR count). The number of nitrogens with one attached hydrogen (secondary N) is 1. The lowest BCUT2D eigenvalue weighted by Crippen LogP contribution is -2.13. The Labute approximate surface area is 122 Å². The Balaban J connectivity index is 2.58. The molecule has 1 heterocycles. The standard InChI is InChI=1S/C13H11BrF3N3/c1-2-18-11-7-10(8-5-3-4-6-9(8)14)19-12(20-11)13(15,16)17/h3-7H,2H2,1H3,(H,18,19,20). The van der Waals surface area contributed by atoms with E-state index >= 15 is 0 Å². The second kappa shape index (κ2) is 5.78. The topological polar surface area (TPSA) is 37.8 Å². The average molecular weight is 346 g/mol. The van der Waals surface area contributed by atoms with Crippen LogP contribution in [0.4, 0.5) is 19.0 Å². The van der Waals surface area contributed by atoms with Crippen molar-refractivity contribution in [3.8, 4) is 11.3 Å². The molecule has 0 fully saturated rings. The molecule has 3 nitrogen and oxygen atoms in total. The summed E-state index contributed by atoms with van der Waals surface area (Å²) in [6, 6.07) is 8.46. The van der Waals surface area contributed by atoms with E-state index in [4.69, 9.17) is 0 Å². The van der Waals surface area contributed by atoms with Gasteiger partial charge < -0.3 is 5.32 Å². The number of nitrogens with zero attached hydrogens (tertiary/aromatic N) is 2. The van der Waals surface area contributed by atoms with E-state index in [1.807, 2.05) is 0 Å². The minimum Gasteiger partial charge on any atom is -0.370 e. The monoisotopic (exact) mass is 345 g/mol. The van der Waals surface area contributed by atoms with Crippen LogP contribution in [0.3, 0.4) is 0 Å². The van der Waals surface area contributed by atoms with Crippen molar-refractivity contribution < 1.29 is 13.2 Å². The van der Waals surface area contributed by atoms with Gasteiger partial charge in [0.25, 0.3) is 0 Å². The molecule has 1 aromatic heterocycles. The summed E-state index contributed by atoms with van der Waals surface area (Å²) in [7, 11) is 0. The van der Waals surface area contributed by atoms with Gasteiger partial charge in [0.05, 0.1) is 5.69 Å². The maximum absolute atomic E-state index is 12.8. The minimum absolute atomic E-state index is 0.153. The molecule has 0 saturated carbocycles. The van der Waals surface area contributed by atoms with E-state index in [0.717, 1.165) is 0 Å². The van der Waals surface area contributed by atoms with Crippen LogP contribution in [0.15, 0.2) is 34.8 Å². The van der Waals surface area contributed by atoms with Crippen LogP contribution in [0, 0.1) is 0 Å². The summed E-state index contributed by atoms with van der Waals surface area (Å²) in [6.07, 6.45) is -4.58. The average Bonchev–Trinajstić information content (AvgIpc) is 2.38. The Bertz CT molecular complexity index is 614. The number of alkyl halides is 3. The van der Waals surface area contributed by atoms with Gasteiger partial charge in [-0.1, -0.05) is 34.1 Å². The fraction of sp³-hybridized carbons (Fsp3) is 0.231. The molecular weight excluding hydrogens is 335 g/mol. The molecule has 0 spiro atoms. The lowest BCUT2D eigenvalue weighted by Gasteiger charge is -2.11. The molecular formula is C13H11BrF3N3. The van der Waals surface area contributed by atoms with Crippen molar-refractivity contribution in [2.75, 3.05) is 11.9 Å². The third-order valence-electron chi connectivity index (χ3n) is 2.49. The minimum atomic E-state index is -4.58. The lowest BCUT2D eigenvalue weighted by atomic mass is 10.1. The largest absolute Gasteiger partial charge is 0.451 e. The van der Waals surface area contributed by atoms with E-state index in [2.05, 4.69) is 31.2 Å². The van der Waals surface area contributed by atoms with Crippen molar-refractivity contribution in [1.82, 2.24) is 9.97 Å². The summed E-state index contributed by atoms with van der Waals surface area (Å²) in [5.41, 5.74) is 0.801. The van der Waals surface area contributed by atoms with Gasteiger partial charge in [0, 0.05) is 22.6 Å². The highest BCUT2D eigenvalue weighted by Crippen LogP contribution is 2.32. The van der Waals surface area contributed by atoms with E-state index in [9.17, 15) is 13.2 Å². The highest BCUT2D eigenvalue weighted by Gasteiger charge is 2.35. The first-order valence-corrected chi connectivity index (χ1v) is 6.66. The van der Waals surface area contributed by atoms with Gasteiger partial charge in [-0.3, -0.25) is 0 Å². The predicted octanol–water partition coefficient (Wildman–Crippen LogP) is 4.36. The van der Waals surface area contributed by atoms with Crippen molar-refractivity contribution in [2.24, 2.45) is 0 Å². The van der Waals surface area contributed by atoms with E-state index in [-0.39, 0.29) is 11.5 Å². The van der Waals surface area contributed by atoms with Crippen LogP contribution in [-0.2, 0) is 6.18 Å². The first-order valence-electron chi connectivity index (χ1n) is 5.87. The number of hydrogen-bond donors (Lipinski definition) is 1. The van der Waals surface area contributed by atoms with Crippen LogP contribution in [0.1, 0.15) is 12.7 Å². The van der Waals surface area contributed by atoms with Crippen LogP contribution < -0.4 is 5.32 Å². The van der Waals surface area contributed by atoms with Gasteiger partial charge in [0.2, 0.25) is 5.82 Å². The first-order chi connectivity index (χ1) is 9.41. The van der Waals surface area contributed by atoms with Crippen molar-refractivity contribution >= 4 is 21.7 Å². The second-order valence-corrected chi connectivity index (χ2v) is 4.82. The molecule has 0 amide bonds. The van der Waals surface area contributed by atoms with Crippen molar-refractivity contribution in [1.29, 1.82) is 0 Å². The molecule has 1 N–H and O–H groups in total. The first kappa shape index (κ1) is 14.8. The van der Waals surface area contributed by atoms with E-state index in [0.29, 0.717) is 16.6 Å². The number of anilines is 1.